The molecule has 0 bridgehead atoms. The zero-order valence-corrected chi connectivity index (χ0v) is 18.6. The third kappa shape index (κ3) is 3.42. The third-order valence-electron chi connectivity index (χ3n) is 6.07. The lowest BCUT2D eigenvalue weighted by Gasteiger charge is -2.39. The van der Waals surface area contributed by atoms with Gasteiger partial charge in [-0.2, -0.15) is 0 Å². The summed E-state index contributed by atoms with van der Waals surface area (Å²) in [5.74, 6) is 0.649. The van der Waals surface area contributed by atoms with Gasteiger partial charge in [0.05, 0.1) is 30.6 Å². The number of benzene rings is 2. The number of hydrogen-bond donors (Lipinski definition) is 0. The molecule has 0 saturated carbocycles. The second kappa shape index (κ2) is 7.98. The number of nitrogens with zero attached hydrogens (tertiary/aromatic N) is 3. The number of amides is 1. The minimum absolute atomic E-state index is 0.00345. The van der Waals surface area contributed by atoms with Gasteiger partial charge in [-0.3, -0.25) is 4.79 Å². The maximum atomic E-state index is 13.4. The fraction of sp³-hybridized carbons (Fsp3) is 0.292. The van der Waals surface area contributed by atoms with Crippen molar-refractivity contribution in [3.05, 3.63) is 64.5 Å². The Balaban J connectivity index is 1.54. The Morgan fingerprint density at radius 1 is 1.25 bits per heavy atom. The van der Waals surface area contributed by atoms with Crippen LogP contribution in [-0.2, 0) is 16.1 Å². The van der Waals surface area contributed by atoms with Crippen LogP contribution in [0.5, 0.6) is 0 Å². The average Bonchev–Trinajstić information content (AvgIpc) is 3.43. The molecule has 164 valence electrons. The van der Waals surface area contributed by atoms with Gasteiger partial charge in [-0.25, -0.2) is 9.78 Å². The summed E-state index contributed by atoms with van der Waals surface area (Å²) in [5.41, 5.74) is 3.46. The summed E-state index contributed by atoms with van der Waals surface area (Å²) in [6, 6.07) is 12.4. The van der Waals surface area contributed by atoms with Crippen LogP contribution in [0.15, 0.2) is 46.9 Å². The minimum Gasteiger partial charge on any atom is -0.465 e. The third-order valence-corrected chi connectivity index (χ3v) is 6.31. The zero-order chi connectivity index (χ0) is 22.4. The average molecular weight is 452 g/mol. The van der Waals surface area contributed by atoms with Crippen molar-refractivity contribution in [1.82, 2.24) is 4.98 Å². The number of rotatable bonds is 4. The van der Waals surface area contributed by atoms with Gasteiger partial charge in [-0.05, 0) is 56.2 Å². The smallest absolute Gasteiger partial charge is 0.337 e. The highest BCUT2D eigenvalue weighted by molar-refractivity contribution is 6.30. The van der Waals surface area contributed by atoms with Crippen molar-refractivity contribution in [2.75, 3.05) is 23.5 Å². The fourth-order valence-corrected chi connectivity index (χ4v) is 4.66. The number of fused-ring (bicyclic) bond motifs is 3. The number of oxazole rings is 1. The molecule has 1 fully saturated rings. The molecule has 32 heavy (non-hydrogen) atoms. The molecule has 2 aromatic carbocycles. The summed E-state index contributed by atoms with van der Waals surface area (Å²) in [6.45, 7) is 2.89. The van der Waals surface area contributed by atoms with Crippen LogP contribution >= 0.6 is 11.6 Å². The first kappa shape index (κ1) is 20.6. The zero-order valence-electron chi connectivity index (χ0n) is 17.8. The standard InChI is InChI=1S/C24H22ClN3O4/c1-14-18(26-22(32-14)15-5-3-6-17(25)11-15)13-28-21-12-16(24(30)31-2)8-9-19(21)27-10-4-7-20(27)23(28)29/h3,5-6,8-9,11-12,20H,4,7,10,13H2,1-2H3/t20-/m0/s1. The summed E-state index contributed by atoms with van der Waals surface area (Å²) >= 11 is 6.11. The van der Waals surface area contributed by atoms with Crippen molar-refractivity contribution in [3.63, 3.8) is 0 Å². The molecule has 0 N–H and O–H groups in total. The van der Waals surface area contributed by atoms with Crippen LogP contribution in [-0.4, -0.2) is 36.6 Å². The Morgan fingerprint density at radius 3 is 2.88 bits per heavy atom. The number of hydrogen-bond acceptors (Lipinski definition) is 6. The Bertz CT molecular complexity index is 1220. The van der Waals surface area contributed by atoms with Crippen molar-refractivity contribution in [3.8, 4) is 11.5 Å². The molecule has 1 saturated heterocycles. The molecule has 0 spiro atoms. The molecule has 0 aliphatic carbocycles. The first-order valence-electron chi connectivity index (χ1n) is 10.5. The summed E-state index contributed by atoms with van der Waals surface area (Å²) in [7, 11) is 1.34. The number of anilines is 2. The Morgan fingerprint density at radius 2 is 2.09 bits per heavy atom. The molecule has 8 heteroatoms. The van der Waals surface area contributed by atoms with Crippen LogP contribution in [0.25, 0.3) is 11.5 Å². The predicted molar refractivity (Wildman–Crippen MR) is 121 cm³/mol. The lowest BCUT2D eigenvalue weighted by molar-refractivity contribution is -0.120. The molecule has 0 unspecified atom stereocenters. The molecule has 0 radical (unpaired) electrons. The molecule has 3 aromatic rings. The molecule has 7 nitrogen and oxygen atoms in total. The number of carbonyl (C=O) groups excluding carboxylic acids is 2. The normalized spacial score (nSPS) is 17.3. The number of aryl methyl sites for hydroxylation is 1. The predicted octanol–water partition coefficient (Wildman–Crippen LogP) is 4.61. The van der Waals surface area contributed by atoms with Crippen molar-refractivity contribution in [2.24, 2.45) is 0 Å². The molecule has 5 rings (SSSR count). The fourth-order valence-electron chi connectivity index (χ4n) is 4.47. The largest absolute Gasteiger partial charge is 0.465 e. The molecule has 1 aromatic heterocycles. The van der Waals surface area contributed by atoms with Gasteiger partial charge in [0, 0.05) is 17.1 Å². The minimum atomic E-state index is -0.440. The van der Waals surface area contributed by atoms with Gasteiger partial charge < -0.3 is 19.0 Å². The van der Waals surface area contributed by atoms with Gasteiger partial charge in [0.25, 0.3) is 0 Å². The van der Waals surface area contributed by atoms with Gasteiger partial charge in [0.1, 0.15) is 17.5 Å². The number of esters is 1. The first-order chi connectivity index (χ1) is 15.5. The van der Waals surface area contributed by atoms with Crippen LogP contribution < -0.4 is 9.80 Å². The van der Waals surface area contributed by atoms with Crippen LogP contribution in [0.1, 0.15) is 34.7 Å². The highest BCUT2D eigenvalue weighted by Crippen LogP contribution is 2.41. The van der Waals surface area contributed by atoms with E-state index in [2.05, 4.69) is 9.88 Å². The van der Waals surface area contributed by atoms with E-state index < -0.39 is 5.97 Å². The maximum absolute atomic E-state index is 13.4. The number of methoxy groups -OCH3 is 1. The molecule has 3 heterocycles. The summed E-state index contributed by atoms with van der Waals surface area (Å²) in [5, 5.41) is 0.594. The van der Waals surface area contributed by atoms with E-state index in [1.165, 1.54) is 7.11 Å². The second-order valence-electron chi connectivity index (χ2n) is 8.00. The highest BCUT2D eigenvalue weighted by atomic mass is 35.5. The van der Waals surface area contributed by atoms with Crippen LogP contribution in [0.4, 0.5) is 11.4 Å². The summed E-state index contributed by atoms with van der Waals surface area (Å²) < 4.78 is 10.8. The van der Waals surface area contributed by atoms with Gasteiger partial charge in [0.2, 0.25) is 11.8 Å². The molecular weight excluding hydrogens is 430 g/mol. The van der Waals surface area contributed by atoms with Crippen molar-refractivity contribution in [2.45, 2.75) is 32.4 Å². The number of aromatic nitrogens is 1. The second-order valence-corrected chi connectivity index (χ2v) is 8.44. The molecule has 2 aliphatic rings. The van der Waals surface area contributed by atoms with E-state index in [9.17, 15) is 9.59 Å². The van der Waals surface area contributed by atoms with Crippen molar-refractivity contribution < 1.29 is 18.7 Å². The maximum Gasteiger partial charge on any atom is 0.337 e. The van der Waals surface area contributed by atoms with E-state index in [4.69, 9.17) is 20.8 Å². The Labute approximate surface area is 190 Å². The van der Waals surface area contributed by atoms with E-state index in [1.54, 1.807) is 29.2 Å². The molecule has 1 atom stereocenters. The van der Waals surface area contributed by atoms with Crippen molar-refractivity contribution in [1.29, 1.82) is 0 Å². The monoisotopic (exact) mass is 451 g/mol. The van der Waals surface area contributed by atoms with Crippen LogP contribution in [0.2, 0.25) is 5.02 Å². The lowest BCUT2D eigenvalue weighted by atomic mass is 10.0. The molecular formula is C24H22ClN3O4. The number of ether oxygens (including phenoxy) is 1. The van der Waals surface area contributed by atoms with Gasteiger partial charge >= 0.3 is 5.97 Å². The van der Waals surface area contributed by atoms with E-state index in [0.717, 1.165) is 30.6 Å². The van der Waals surface area contributed by atoms with E-state index >= 15 is 0 Å². The SMILES string of the molecule is COC(=O)c1ccc2c(c1)N(Cc1nc(-c3cccc(Cl)c3)oc1C)C(=O)[C@@H]1CCCN21. The first-order valence-corrected chi connectivity index (χ1v) is 10.9. The molecule has 1 amide bonds. The van der Waals surface area contributed by atoms with Gasteiger partial charge in [-0.1, -0.05) is 17.7 Å². The summed E-state index contributed by atoms with van der Waals surface area (Å²) in [6.07, 6.45) is 1.75. The van der Waals surface area contributed by atoms with Crippen molar-refractivity contribution >= 4 is 34.9 Å². The summed E-state index contributed by atoms with van der Waals surface area (Å²) in [4.78, 5) is 34.1. The Hall–Kier alpha value is -3.32. The van der Waals surface area contributed by atoms with Crippen LogP contribution in [0, 0.1) is 6.92 Å². The van der Waals surface area contributed by atoms with E-state index in [0.29, 0.717) is 33.6 Å². The number of carbonyl (C=O) groups is 2. The number of halogens is 1. The van der Waals surface area contributed by atoms with Crippen LogP contribution in [0.3, 0.4) is 0 Å². The van der Waals surface area contributed by atoms with E-state index in [-0.39, 0.29) is 18.5 Å². The quantitative estimate of drug-likeness (QED) is 0.539. The van der Waals surface area contributed by atoms with Gasteiger partial charge in [0.15, 0.2) is 0 Å². The lowest BCUT2D eigenvalue weighted by Crippen LogP contribution is -2.50. The topological polar surface area (TPSA) is 75.9 Å². The van der Waals surface area contributed by atoms with Gasteiger partial charge in [-0.15, -0.1) is 0 Å². The highest BCUT2D eigenvalue weighted by Gasteiger charge is 2.41. The van der Waals surface area contributed by atoms with E-state index in [1.807, 2.05) is 25.1 Å². The molecule has 2 aliphatic heterocycles. The Kier molecular flexibility index (Phi) is 5.13.